The normalized spacial score (nSPS) is 10.1. The van der Waals surface area contributed by atoms with Gasteiger partial charge in [0.05, 0.1) is 15.7 Å². The monoisotopic (exact) mass is 328 g/mol. The Morgan fingerprint density at radius 2 is 2.22 bits per heavy atom. The van der Waals surface area contributed by atoms with Gasteiger partial charge < -0.3 is 9.84 Å². The van der Waals surface area contributed by atoms with Crippen LogP contribution in [0.5, 0.6) is 11.6 Å². The summed E-state index contributed by atoms with van der Waals surface area (Å²) in [5.41, 5.74) is 0.00801. The number of carbonyl (C=O) groups is 1. The van der Waals surface area contributed by atoms with Gasteiger partial charge in [0.15, 0.2) is 5.75 Å². The molecule has 1 N–H and O–H groups in total. The zero-order valence-electron chi connectivity index (χ0n) is 8.80. The summed E-state index contributed by atoms with van der Waals surface area (Å²) < 4.78 is 5.92. The number of aromatic carboxylic acids is 1. The summed E-state index contributed by atoms with van der Waals surface area (Å²) in [5, 5.41) is 9.44. The van der Waals surface area contributed by atoms with Crippen LogP contribution in [-0.2, 0) is 0 Å². The third-order valence-corrected chi connectivity index (χ3v) is 2.77. The Balaban J connectivity index is 2.37. The first kappa shape index (κ1) is 12.8. The van der Waals surface area contributed by atoms with Crippen molar-refractivity contribution >= 4 is 33.5 Å². The topological polar surface area (TPSA) is 72.3 Å². The van der Waals surface area contributed by atoms with Gasteiger partial charge in [0.2, 0.25) is 5.88 Å². The number of hydrogen-bond acceptors (Lipinski definition) is 4. The quantitative estimate of drug-likeness (QED) is 0.934. The molecule has 0 saturated carbocycles. The smallest absolute Gasteiger partial charge is 0.339 e. The van der Waals surface area contributed by atoms with E-state index in [-0.39, 0.29) is 17.2 Å². The van der Waals surface area contributed by atoms with Crippen molar-refractivity contribution in [2.45, 2.75) is 0 Å². The maximum atomic E-state index is 11.0. The number of nitrogens with zero attached hydrogens (tertiary/aromatic N) is 2. The highest BCUT2D eigenvalue weighted by molar-refractivity contribution is 9.10. The molecular formula is C11H6BrClN2O3. The van der Waals surface area contributed by atoms with Gasteiger partial charge in [-0.3, -0.25) is 4.98 Å². The number of aromatic nitrogens is 2. The molecule has 0 aromatic carbocycles. The minimum atomic E-state index is -1.10. The lowest BCUT2D eigenvalue weighted by Crippen LogP contribution is -2.01. The van der Waals surface area contributed by atoms with E-state index in [9.17, 15) is 4.79 Å². The molecule has 0 bridgehead atoms. The van der Waals surface area contributed by atoms with Gasteiger partial charge in [-0.15, -0.1) is 0 Å². The van der Waals surface area contributed by atoms with Crippen LogP contribution in [0, 0.1) is 0 Å². The lowest BCUT2D eigenvalue weighted by Gasteiger charge is -2.08. The average molecular weight is 330 g/mol. The molecule has 2 aromatic heterocycles. The first-order valence-electron chi connectivity index (χ1n) is 4.74. The van der Waals surface area contributed by atoms with Crippen LogP contribution in [0.2, 0.25) is 5.02 Å². The molecule has 0 aliphatic rings. The highest BCUT2D eigenvalue weighted by Gasteiger charge is 2.13. The highest BCUT2D eigenvalue weighted by Crippen LogP contribution is 2.30. The predicted octanol–water partition coefficient (Wildman–Crippen LogP) is 3.38. The maximum Gasteiger partial charge on any atom is 0.339 e. The van der Waals surface area contributed by atoms with E-state index >= 15 is 0 Å². The van der Waals surface area contributed by atoms with E-state index in [4.69, 9.17) is 21.4 Å². The third kappa shape index (κ3) is 2.77. The number of halogens is 2. The van der Waals surface area contributed by atoms with E-state index in [2.05, 4.69) is 25.9 Å². The fourth-order valence-corrected chi connectivity index (χ4v) is 1.94. The molecule has 92 valence electrons. The summed E-state index contributed by atoms with van der Waals surface area (Å²) in [6.07, 6.45) is 4.09. The molecule has 0 saturated heterocycles. The highest BCUT2D eigenvalue weighted by atomic mass is 79.9. The second-order valence-corrected chi connectivity index (χ2v) is 4.51. The second-order valence-electron chi connectivity index (χ2n) is 3.22. The van der Waals surface area contributed by atoms with Crippen molar-refractivity contribution in [3.05, 3.63) is 45.8 Å². The minimum Gasteiger partial charge on any atom is -0.478 e. The van der Waals surface area contributed by atoms with Gasteiger partial charge in [0.25, 0.3) is 0 Å². The van der Waals surface area contributed by atoms with E-state index in [1.54, 1.807) is 6.07 Å². The molecule has 18 heavy (non-hydrogen) atoms. The van der Waals surface area contributed by atoms with E-state index in [1.807, 2.05) is 0 Å². The second kappa shape index (κ2) is 5.32. The predicted molar refractivity (Wildman–Crippen MR) is 68.2 cm³/mol. The standard InChI is InChI=1S/C11H6BrClN2O3/c12-8-3-6(13)4-15-10(8)18-9-5-14-2-1-7(9)11(16)17/h1-5H,(H,16,17). The van der Waals surface area contributed by atoms with Gasteiger partial charge in [-0.05, 0) is 28.1 Å². The Bertz CT molecular complexity index is 607. The maximum absolute atomic E-state index is 11.0. The van der Waals surface area contributed by atoms with Crippen LogP contribution < -0.4 is 4.74 Å². The van der Waals surface area contributed by atoms with E-state index < -0.39 is 5.97 Å². The van der Waals surface area contributed by atoms with Gasteiger partial charge in [-0.1, -0.05) is 11.6 Å². The van der Waals surface area contributed by atoms with Crippen LogP contribution in [-0.4, -0.2) is 21.0 Å². The SMILES string of the molecule is O=C(O)c1ccncc1Oc1ncc(Cl)cc1Br. The Morgan fingerprint density at radius 3 is 2.89 bits per heavy atom. The van der Waals surface area contributed by atoms with E-state index in [1.165, 1.54) is 24.7 Å². The van der Waals surface area contributed by atoms with Gasteiger partial charge >= 0.3 is 5.97 Å². The van der Waals surface area contributed by atoms with Crippen molar-refractivity contribution in [1.82, 2.24) is 9.97 Å². The summed E-state index contributed by atoms with van der Waals surface area (Å²) in [7, 11) is 0. The third-order valence-electron chi connectivity index (χ3n) is 2.00. The van der Waals surface area contributed by atoms with Crippen LogP contribution in [0.1, 0.15) is 10.4 Å². The van der Waals surface area contributed by atoms with Gasteiger partial charge in [0, 0.05) is 12.4 Å². The fourth-order valence-electron chi connectivity index (χ4n) is 1.22. The summed E-state index contributed by atoms with van der Waals surface area (Å²) in [6, 6.07) is 2.95. The number of carboxylic acids is 1. The van der Waals surface area contributed by atoms with Crippen LogP contribution in [0.15, 0.2) is 35.2 Å². The molecule has 0 amide bonds. The molecule has 2 aromatic rings. The van der Waals surface area contributed by atoms with Crippen molar-refractivity contribution in [3.8, 4) is 11.6 Å². The summed E-state index contributed by atoms with van der Waals surface area (Å²) in [4.78, 5) is 18.8. The molecule has 2 heterocycles. The zero-order chi connectivity index (χ0) is 13.1. The van der Waals surface area contributed by atoms with Gasteiger partial charge in [-0.25, -0.2) is 9.78 Å². The van der Waals surface area contributed by atoms with E-state index in [0.717, 1.165) is 0 Å². The minimum absolute atomic E-state index is 0.00801. The largest absolute Gasteiger partial charge is 0.478 e. The van der Waals surface area contributed by atoms with E-state index in [0.29, 0.717) is 9.50 Å². The molecule has 0 fully saturated rings. The van der Waals surface area contributed by atoms with Crippen molar-refractivity contribution in [2.24, 2.45) is 0 Å². The van der Waals surface area contributed by atoms with Gasteiger partial charge in [-0.2, -0.15) is 0 Å². The van der Waals surface area contributed by atoms with Gasteiger partial charge in [0.1, 0.15) is 5.56 Å². The summed E-state index contributed by atoms with van der Waals surface area (Å²) in [5.74, 6) is -0.770. The van der Waals surface area contributed by atoms with Crippen LogP contribution in [0.25, 0.3) is 0 Å². The van der Waals surface area contributed by atoms with Crippen molar-refractivity contribution in [2.75, 3.05) is 0 Å². The van der Waals surface area contributed by atoms with Crippen molar-refractivity contribution in [1.29, 1.82) is 0 Å². The molecule has 0 radical (unpaired) electrons. The number of ether oxygens (including phenoxy) is 1. The average Bonchev–Trinajstić information content (AvgIpc) is 2.33. The van der Waals surface area contributed by atoms with Crippen LogP contribution in [0.4, 0.5) is 0 Å². The number of carboxylic acid groups (broad SMARTS) is 1. The Kier molecular flexibility index (Phi) is 3.78. The number of rotatable bonds is 3. The molecule has 0 aliphatic carbocycles. The number of hydrogen-bond donors (Lipinski definition) is 1. The first-order valence-corrected chi connectivity index (χ1v) is 5.91. The summed E-state index contributed by atoms with van der Waals surface area (Å²) >= 11 is 8.97. The lowest BCUT2D eigenvalue weighted by molar-refractivity contribution is 0.0694. The molecule has 5 nitrogen and oxygen atoms in total. The fraction of sp³-hybridized carbons (Fsp3) is 0. The van der Waals surface area contributed by atoms with Crippen LogP contribution >= 0.6 is 27.5 Å². The van der Waals surface area contributed by atoms with Crippen molar-refractivity contribution < 1.29 is 14.6 Å². The number of pyridine rings is 2. The molecule has 0 atom stereocenters. The summed E-state index contributed by atoms with van der Waals surface area (Å²) in [6.45, 7) is 0. The molecule has 0 aliphatic heterocycles. The Hall–Kier alpha value is -1.66. The van der Waals surface area contributed by atoms with Crippen LogP contribution in [0.3, 0.4) is 0 Å². The lowest BCUT2D eigenvalue weighted by atomic mass is 10.2. The Morgan fingerprint density at radius 1 is 1.44 bits per heavy atom. The molecular weight excluding hydrogens is 323 g/mol. The molecule has 0 unspecified atom stereocenters. The molecule has 7 heteroatoms. The Labute approximate surface area is 116 Å². The molecule has 2 rings (SSSR count). The first-order chi connectivity index (χ1) is 8.58. The van der Waals surface area contributed by atoms with Crippen molar-refractivity contribution in [3.63, 3.8) is 0 Å². The zero-order valence-corrected chi connectivity index (χ0v) is 11.1. The molecule has 0 spiro atoms.